The van der Waals surface area contributed by atoms with E-state index < -0.39 is 0 Å². The third-order valence-corrected chi connectivity index (χ3v) is 6.76. The number of aromatic nitrogens is 4. The molecule has 0 saturated heterocycles. The Morgan fingerprint density at radius 2 is 1.93 bits per heavy atom. The SMILES string of the molecule is C1=C([C@H]2CCc3nc4n(c3N2)C(c2ccccc2)CC4)CCN(c2ccncn2)C1. The molecule has 1 unspecified atom stereocenters. The van der Waals surface area contributed by atoms with Crippen molar-refractivity contribution in [3.05, 3.63) is 77.7 Å². The van der Waals surface area contributed by atoms with E-state index in [9.17, 15) is 0 Å². The van der Waals surface area contributed by atoms with Gasteiger partial charge in [-0.2, -0.15) is 0 Å². The highest BCUT2D eigenvalue weighted by Gasteiger charge is 2.34. The van der Waals surface area contributed by atoms with E-state index in [4.69, 9.17) is 4.98 Å². The van der Waals surface area contributed by atoms with Crippen LogP contribution in [-0.2, 0) is 12.8 Å². The first-order valence-electron chi connectivity index (χ1n) is 11.0. The molecule has 6 nitrogen and oxygen atoms in total. The fourth-order valence-corrected chi connectivity index (χ4v) is 5.23. The number of hydrogen-bond donors (Lipinski definition) is 1. The van der Waals surface area contributed by atoms with Crippen LogP contribution in [-0.4, -0.2) is 38.7 Å². The van der Waals surface area contributed by atoms with E-state index in [1.54, 1.807) is 6.33 Å². The number of nitrogens with zero attached hydrogens (tertiary/aromatic N) is 5. The lowest BCUT2D eigenvalue weighted by atomic mass is 9.93. The van der Waals surface area contributed by atoms with Gasteiger partial charge in [0.05, 0.1) is 11.7 Å². The monoisotopic (exact) mass is 398 g/mol. The van der Waals surface area contributed by atoms with Crippen molar-refractivity contribution >= 4 is 11.6 Å². The highest BCUT2D eigenvalue weighted by Crippen LogP contribution is 2.40. The second-order valence-electron chi connectivity index (χ2n) is 8.44. The molecule has 1 aromatic carbocycles. The van der Waals surface area contributed by atoms with E-state index in [0.717, 1.165) is 51.0 Å². The second-order valence-corrected chi connectivity index (χ2v) is 8.44. The highest BCUT2D eigenvalue weighted by atomic mass is 15.2. The van der Waals surface area contributed by atoms with Gasteiger partial charge in [-0.25, -0.2) is 15.0 Å². The van der Waals surface area contributed by atoms with Crippen LogP contribution < -0.4 is 10.2 Å². The van der Waals surface area contributed by atoms with Gasteiger partial charge < -0.3 is 14.8 Å². The molecular formula is C24H26N6. The lowest BCUT2D eigenvalue weighted by Gasteiger charge is -2.34. The Labute approximate surface area is 176 Å². The van der Waals surface area contributed by atoms with Crippen LogP contribution >= 0.6 is 0 Å². The van der Waals surface area contributed by atoms with Crippen LogP contribution in [0.2, 0.25) is 0 Å². The number of nitrogens with one attached hydrogen (secondary N) is 1. The maximum atomic E-state index is 5.00. The van der Waals surface area contributed by atoms with Crippen LogP contribution in [0, 0.1) is 0 Å². The van der Waals surface area contributed by atoms with E-state index in [1.807, 2.05) is 12.3 Å². The van der Waals surface area contributed by atoms with Crippen molar-refractivity contribution in [2.75, 3.05) is 23.3 Å². The zero-order chi connectivity index (χ0) is 19.9. The Morgan fingerprint density at radius 3 is 2.73 bits per heavy atom. The van der Waals surface area contributed by atoms with Gasteiger partial charge in [-0.1, -0.05) is 36.4 Å². The summed E-state index contributed by atoms with van der Waals surface area (Å²) in [6.07, 6.45) is 11.3. The normalized spacial score (nSPS) is 22.8. The minimum atomic E-state index is 0.400. The van der Waals surface area contributed by atoms with Gasteiger partial charge in [-0.15, -0.1) is 0 Å². The molecule has 5 heterocycles. The number of fused-ring (bicyclic) bond motifs is 3. The highest BCUT2D eigenvalue weighted by molar-refractivity contribution is 5.52. The van der Waals surface area contributed by atoms with Crippen molar-refractivity contribution in [3.63, 3.8) is 0 Å². The Morgan fingerprint density at radius 1 is 1.00 bits per heavy atom. The number of anilines is 2. The van der Waals surface area contributed by atoms with E-state index >= 15 is 0 Å². The summed E-state index contributed by atoms with van der Waals surface area (Å²) in [4.78, 5) is 15.7. The van der Waals surface area contributed by atoms with Crippen LogP contribution in [0.5, 0.6) is 0 Å². The molecule has 2 aromatic heterocycles. The minimum Gasteiger partial charge on any atom is -0.363 e. The molecular weight excluding hydrogens is 372 g/mol. The lowest BCUT2D eigenvalue weighted by Crippen LogP contribution is -2.36. The third-order valence-electron chi connectivity index (χ3n) is 6.76. The minimum absolute atomic E-state index is 0.400. The summed E-state index contributed by atoms with van der Waals surface area (Å²) in [5, 5.41) is 3.89. The molecule has 0 spiro atoms. The predicted octanol–water partition coefficient (Wildman–Crippen LogP) is 3.77. The van der Waals surface area contributed by atoms with Crippen LogP contribution in [0.1, 0.15) is 42.4 Å². The maximum absolute atomic E-state index is 5.00. The first-order chi connectivity index (χ1) is 14.9. The average Bonchev–Trinajstić information content (AvgIpc) is 3.39. The molecule has 1 N–H and O–H groups in total. The van der Waals surface area contributed by atoms with Gasteiger partial charge in [0.15, 0.2) is 0 Å². The molecule has 0 amide bonds. The van der Waals surface area contributed by atoms with Gasteiger partial charge in [0.1, 0.15) is 23.8 Å². The standard InChI is InChI=1S/C24H26N6/c1-2-4-18(5-3-1)21-8-9-23-27-20-7-6-19(28-24(20)30(21)23)17-11-14-29(15-12-17)22-10-13-25-16-26-22/h1-5,10-11,13,16,19,21,28H,6-9,12,14-15H2/t19-,21?/m1/s1. The van der Waals surface area contributed by atoms with Gasteiger partial charge in [0.25, 0.3) is 0 Å². The Hall–Kier alpha value is -3.15. The molecule has 6 rings (SSSR count). The van der Waals surface area contributed by atoms with Crippen molar-refractivity contribution in [1.82, 2.24) is 19.5 Å². The molecule has 0 radical (unpaired) electrons. The first-order valence-corrected chi connectivity index (χ1v) is 11.0. The quantitative estimate of drug-likeness (QED) is 0.681. The van der Waals surface area contributed by atoms with Crippen molar-refractivity contribution < 1.29 is 0 Å². The Kier molecular flexibility index (Phi) is 4.29. The molecule has 6 heteroatoms. The molecule has 2 atom stereocenters. The van der Waals surface area contributed by atoms with E-state index in [1.165, 1.54) is 28.5 Å². The number of hydrogen-bond acceptors (Lipinski definition) is 5. The summed E-state index contributed by atoms with van der Waals surface area (Å²) in [6.45, 7) is 1.92. The third kappa shape index (κ3) is 2.98. The van der Waals surface area contributed by atoms with Crippen molar-refractivity contribution in [2.45, 2.75) is 44.2 Å². The molecule has 3 aliphatic heterocycles. The number of rotatable bonds is 3. The molecule has 30 heavy (non-hydrogen) atoms. The summed E-state index contributed by atoms with van der Waals surface area (Å²) < 4.78 is 2.48. The summed E-state index contributed by atoms with van der Waals surface area (Å²) in [5.74, 6) is 3.51. The van der Waals surface area contributed by atoms with E-state index in [2.05, 4.69) is 61.2 Å². The predicted molar refractivity (Wildman–Crippen MR) is 118 cm³/mol. The summed E-state index contributed by atoms with van der Waals surface area (Å²) in [5.41, 5.74) is 4.16. The zero-order valence-corrected chi connectivity index (χ0v) is 17.0. The van der Waals surface area contributed by atoms with E-state index in [-0.39, 0.29) is 0 Å². The van der Waals surface area contributed by atoms with Gasteiger partial charge in [0, 0.05) is 31.7 Å². The number of benzene rings is 1. The average molecular weight is 399 g/mol. The first kappa shape index (κ1) is 17.7. The molecule has 0 fully saturated rings. The van der Waals surface area contributed by atoms with Crippen LogP contribution in [0.3, 0.4) is 0 Å². The van der Waals surface area contributed by atoms with Gasteiger partial charge in [0.2, 0.25) is 0 Å². The number of imidazole rings is 1. The smallest absolute Gasteiger partial charge is 0.132 e. The number of aryl methyl sites for hydroxylation is 2. The Bertz CT molecular complexity index is 1070. The van der Waals surface area contributed by atoms with Crippen molar-refractivity contribution in [3.8, 4) is 0 Å². The van der Waals surface area contributed by atoms with Crippen molar-refractivity contribution in [1.29, 1.82) is 0 Å². The Balaban J connectivity index is 1.24. The fraction of sp³-hybridized carbons (Fsp3) is 0.375. The molecule has 3 aromatic rings. The van der Waals surface area contributed by atoms with Gasteiger partial charge in [-0.3, -0.25) is 0 Å². The summed E-state index contributed by atoms with van der Waals surface area (Å²) in [7, 11) is 0. The molecule has 152 valence electrons. The summed E-state index contributed by atoms with van der Waals surface area (Å²) >= 11 is 0. The van der Waals surface area contributed by atoms with Crippen LogP contribution in [0.25, 0.3) is 0 Å². The zero-order valence-electron chi connectivity index (χ0n) is 17.0. The topological polar surface area (TPSA) is 58.9 Å². The lowest BCUT2D eigenvalue weighted by molar-refractivity contribution is 0.593. The molecule has 3 aliphatic rings. The van der Waals surface area contributed by atoms with Crippen LogP contribution in [0.15, 0.2) is 60.6 Å². The molecule has 0 aliphatic carbocycles. The maximum Gasteiger partial charge on any atom is 0.132 e. The van der Waals surface area contributed by atoms with Gasteiger partial charge in [-0.05, 0) is 42.9 Å². The largest absolute Gasteiger partial charge is 0.363 e. The van der Waals surface area contributed by atoms with Gasteiger partial charge >= 0.3 is 0 Å². The molecule has 0 saturated carbocycles. The van der Waals surface area contributed by atoms with Crippen LogP contribution in [0.4, 0.5) is 11.6 Å². The van der Waals surface area contributed by atoms with Crippen molar-refractivity contribution in [2.24, 2.45) is 0 Å². The fourth-order valence-electron chi connectivity index (χ4n) is 5.23. The van der Waals surface area contributed by atoms with E-state index in [0.29, 0.717) is 12.1 Å². The second kappa shape index (κ2) is 7.27. The molecule has 0 bridgehead atoms. The summed E-state index contributed by atoms with van der Waals surface area (Å²) in [6, 6.07) is 13.7.